The molecule has 0 saturated heterocycles. The van der Waals surface area contributed by atoms with E-state index in [1.165, 1.54) is 10.4 Å². The predicted octanol–water partition coefficient (Wildman–Crippen LogP) is 1.72. The molecule has 0 fully saturated rings. The molecule has 5 heteroatoms. The van der Waals surface area contributed by atoms with Crippen LogP contribution in [0.5, 0.6) is 0 Å². The van der Waals surface area contributed by atoms with Crippen LogP contribution in [0.3, 0.4) is 0 Å². The number of thiophene rings is 1. The van der Waals surface area contributed by atoms with Gasteiger partial charge in [-0.1, -0.05) is 0 Å². The summed E-state index contributed by atoms with van der Waals surface area (Å²) in [7, 11) is 1.89. The van der Waals surface area contributed by atoms with E-state index in [1.54, 1.807) is 25.2 Å². The third kappa shape index (κ3) is 3.59. The van der Waals surface area contributed by atoms with Gasteiger partial charge in [-0.15, -0.1) is 11.3 Å². The number of nitrogens with zero attached hydrogens (tertiary/aromatic N) is 2. The van der Waals surface area contributed by atoms with Gasteiger partial charge < -0.3 is 10.0 Å². The molecular formula is C15H24N2O2S. The van der Waals surface area contributed by atoms with Crippen molar-refractivity contribution in [3.8, 4) is 0 Å². The molecule has 0 bridgehead atoms. The molecule has 1 aliphatic rings. The van der Waals surface area contributed by atoms with Gasteiger partial charge in [0.15, 0.2) is 0 Å². The number of rotatable bonds is 4. The first-order valence-corrected chi connectivity index (χ1v) is 7.92. The number of carbonyl (C=O) groups is 1. The van der Waals surface area contributed by atoms with Gasteiger partial charge in [0, 0.05) is 24.5 Å². The molecule has 1 unspecified atom stereocenters. The minimum Gasteiger partial charge on any atom is -0.389 e. The van der Waals surface area contributed by atoms with Gasteiger partial charge >= 0.3 is 0 Å². The first-order chi connectivity index (χ1) is 9.28. The SMILES string of the molecule is CC(C(=O)N1CCc2sccc2C1)N(C)CC(C)(C)O. The van der Waals surface area contributed by atoms with Crippen LogP contribution in [0, 0.1) is 0 Å². The van der Waals surface area contributed by atoms with Gasteiger partial charge in [0.1, 0.15) is 0 Å². The molecule has 4 nitrogen and oxygen atoms in total. The summed E-state index contributed by atoms with van der Waals surface area (Å²) in [5.41, 5.74) is 0.498. The van der Waals surface area contributed by atoms with Crippen molar-refractivity contribution in [3.63, 3.8) is 0 Å². The average molecular weight is 296 g/mol. The molecule has 1 N–H and O–H groups in total. The zero-order chi connectivity index (χ0) is 14.9. The lowest BCUT2D eigenvalue weighted by molar-refractivity contribution is -0.137. The number of fused-ring (bicyclic) bond motifs is 1. The molecular weight excluding hydrogens is 272 g/mol. The van der Waals surface area contributed by atoms with Crippen molar-refractivity contribution in [2.45, 2.75) is 45.4 Å². The highest BCUT2D eigenvalue weighted by molar-refractivity contribution is 7.10. The van der Waals surface area contributed by atoms with Crippen LogP contribution >= 0.6 is 11.3 Å². The van der Waals surface area contributed by atoms with Crippen LogP contribution in [0.4, 0.5) is 0 Å². The molecule has 112 valence electrons. The first kappa shape index (κ1) is 15.5. The molecule has 20 heavy (non-hydrogen) atoms. The normalized spacial score (nSPS) is 17.2. The molecule has 1 aliphatic heterocycles. The molecule has 1 amide bonds. The predicted molar refractivity (Wildman–Crippen MR) is 81.8 cm³/mol. The fourth-order valence-electron chi connectivity index (χ4n) is 2.64. The molecule has 0 aliphatic carbocycles. The molecule has 1 aromatic rings. The van der Waals surface area contributed by atoms with E-state index in [0.29, 0.717) is 6.54 Å². The molecule has 1 atom stereocenters. The van der Waals surface area contributed by atoms with E-state index < -0.39 is 5.60 Å². The molecule has 0 spiro atoms. The summed E-state index contributed by atoms with van der Waals surface area (Å²) in [6, 6.07) is 1.91. The van der Waals surface area contributed by atoms with Crippen molar-refractivity contribution < 1.29 is 9.90 Å². The van der Waals surface area contributed by atoms with E-state index in [-0.39, 0.29) is 11.9 Å². The topological polar surface area (TPSA) is 43.8 Å². The van der Waals surface area contributed by atoms with Gasteiger partial charge in [-0.2, -0.15) is 0 Å². The van der Waals surface area contributed by atoms with Crippen molar-refractivity contribution in [2.24, 2.45) is 0 Å². The van der Waals surface area contributed by atoms with Crippen LogP contribution < -0.4 is 0 Å². The maximum Gasteiger partial charge on any atom is 0.239 e. The van der Waals surface area contributed by atoms with Crippen LogP contribution in [0.15, 0.2) is 11.4 Å². The lowest BCUT2D eigenvalue weighted by atomic mass is 10.1. The van der Waals surface area contributed by atoms with Crippen LogP contribution in [0.1, 0.15) is 31.2 Å². The van der Waals surface area contributed by atoms with Gasteiger partial charge in [0.25, 0.3) is 0 Å². The summed E-state index contributed by atoms with van der Waals surface area (Å²) < 4.78 is 0. The van der Waals surface area contributed by atoms with E-state index in [1.807, 2.05) is 23.8 Å². The molecule has 0 saturated carbocycles. The number of aliphatic hydroxyl groups is 1. The summed E-state index contributed by atoms with van der Waals surface area (Å²) in [5.74, 6) is 0.147. The summed E-state index contributed by atoms with van der Waals surface area (Å²) in [4.78, 5) is 17.8. The lowest BCUT2D eigenvalue weighted by Crippen LogP contribution is -2.50. The minimum absolute atomic E-state index is 0.147. The Balaban J connectivity index is 1.98. The highest BCUT2D eigenvalue weighted by Crippen LogP contribution is 2.24. The van der Waals surface area contributed by atoms with E-state index in [2.05, 4.69) is 11.4 Å². The number of carbonyl (C=O) groups excluding carboxylic acids is 1. The lowest BCUT2D eigenvalue weighted by Gasteiger charge is -2.34. The minimum atomic E-state index is -0.786. The van der Waals surface area contributed by atoms with Crippen molar-refractivity contribution in [1.82, 2.24) is 9.80 Å². The molecule has 0 radical (unpaired) electrons. The van der Waals surface area contributed by atoms with Crippen LogP contribution in [-0.4, -0.2) is 52.6 Å². The van der Waals surface area contributed by atoms with Gasteiger partial charge in [-0.25, -0.2) is 0 Å². The zero-order valence-electron chi connectivity index (χ0n) is 12.7. The third-order valence-electron chi connectivity index (χ3n) is 3.77. The smallest absolute Gasteiger partial charge is 0.239 e. The quantitative estimate of drug-likeness (QED) is 0.920. The fraction of sp³-hybridized carbons (Fsp3) is 0.667. The zero-order valence-corrected chi connectivity index (χ0v) is 13.5. The maximum atomic E-state index is 12.6. The Bertz CT molecular complexity index is 478. The summed E-state index contributed by atoms with van der Waals surface area (Å²) in [5, 5.41) is 12.0. The van der Waals surface area contributed by atoms with Crippen LogP contribution in [-0.2, 0) is 17.8 Å². The van der Waals surface area contributed by atoms with Crippen LogP contribution in [0.25, 0.3) is 0 Å². The van der Waals surface area contributed by atoms with E-state index in [0.717, 1.165) is 19.5 Å². The second-order valence-corrected chi connectivity index (χ2v) is 7.28. The highest BCUT2D eigenvalue weighted by Gasteiger charge is 2.29. The van der Waals surface area contributed by atoms with Gasteiger partial charge in [0.05, 0.1) is 11.6 Å². The molecule has 1 aromatic heterocycles. The number of hydrogen-bond acceptors (Lipinski definition) is 4. The summed E-state index contributed by atoms with van der Waals surface area (Å²) in [6.45, 7) is 7.44. The molecule has 0 aromatic carbocycles. The number of amides is 1. The van der Waals surface area contributed by atoms with Gasteiger partial charge in [-0.3, -0.25) is 9.69 Å². The second-order valence-electron chi connectivity index (χ2n) is 6.28. The van der Waals surface area contributed by atoms with E-state index in [4.69, 9.17) is 0 Å². The van der Waals surface area contributed by atoms with Crippen LogP contribution in [0.2, 0.25) is 0 Å². The van der Waals surface area contributed by atoms with Gasteiger partial charge in [-0.05, 0) is 51.2 Å². The summed E-state index contributed by atoms with van der Waals surface area (Å²) >= 11 is 1.78. The first-order valence-electron chi connectivity index (χ1n) is 7.04. The summed E-state index contributed by atoms with van der Waals surface area (Å²) in [6.07, 6.45) is 0.959. The van der Waals surface area contributed by atoms with Crippen molar-refractivity contribution >= 4 is 17.2 Å². The maximum absolute atomic E-state index is 12.6. The Morgan fingerprint density at radius 2 is 2.30 bits per heavy atom. The number of likely N-dealkylation sites (N-methyl/N-ethyl adjacent to an activating group) is 1. The standard InChI is InChI=1S/C15H24N2O2S/c1-11(16(4)10-15(2,3)19)14(18)17-7-5-13-12(9-17)6-8-20-13/h6,8,11,19H,5,7,9-10H2,1-4H3. The van der Waals surface area contributed by atoms with E-state index in [9.17, 15) is 9.90 Å². The Morgan fingerprint density at radius 1 is 1.60 bits per heavy atom. The second kappa shape index (κ2) is 5.84. The van der Waals surface area contributed by atoms with Crippen molar-refractivity contribution in [3.05, 3.63) is 21.9 Å². The van der Waals surface area contributed by atoms with E-state index >= 15 is 0 Å². The monoisotopic (exact) mass is 296 g/mol. The average Bonchev–Trinajstić information content (AvgIpc) is 2.81. The van der Waals surface area contributed by atoms with Crippen molar-refractivity contribution in [2.75, 3.05) is 20.1 Å². The number of hydrogen-bond donors (Lipinski definition) is 1. The largest absolute Gasteiger partial charge is 0.389 e. The Morgan fingerprint density at radius 3 is 2.95 bits per heavy atom. The van der Waals surface area contributed by atoms with Gasteiger partial charge in [0.2, 0.25) is 5.91 Å². The highest BCUT2D eigenvalue weighted by atomic mass is 32.1. The van der Waals surface area contributed by atoms with Crippen molar-refractivity contribution in [1.29, 1.82) is 0 Å². The Hall–Kier alpha value is -0.910. The Kier molecular flexibility index (Phi) is 4.52. The fourth-order valence-corrected chi connectivity index (χ4v) is 3.53. The molecule has 2 rings (SSSR count). The molecule has 2 heterocycles. The Labute approximate surface area is 125 Å². The third-order valence-corrected chi connectivity index (χ3v) is 4.80.